The minimum Gasteiger partial charge on any atom is -0.490 e. The highest BCUT2D eigenvalue weighted by Crippen LogP contribution is 2.24. The number of aryl methyl sites for hydroxylation is 2. The van der Waals surface area contributed by atoms with Crippen molar-refractivity contribution in [3.63, 3.8) is 0 Å². The van der Waals surface area contributed by atoms with Crippen LogP contribution in [0.15, 0.2) is 36.4 Å². The van der Waals surface area contributed by atoms with Crippen molar-refractivity contribution in [2.45, 2.75) is 13.8 Å². The Morgan fingerprint density at radius 2 is 1.95 bits per heavy atom. The molecule has 0 aliphatic carbocycles. The normalized spacial score (nSPS) is 10.4. The Hall–Kier alpha value is -2.07. The van der Waals surface area contributed by atoms with E-state index in [0.717, 1.165) is 11.1 Å². The minimum absolute atomic E-state index is 0.156. The number of ether oxygens (including phenoxy) is 1. The molecule has 3 nitrogen and oxygen atoms in total. The first kappa shape index (κ1) is 16.3. The molecule has 0 saturated carbocycles. The molecule has 0 aliphatic heterocycles. The van der Waals surface area contributed by atoms with Gasteiger partial charge in [0.05, 0.1) is 11.6 Å². The van der Waals surface area contributed by atoms with Crippen LogP contribution in [0.2, 0.25) is 5.02 Å². The zero-order valence-electron chi connectivity index (χ0n) is 12.5. The van der Waals surface area contributed by atoms with Gasteiger partial charge in [-0.1, -0.05) is 17.7 Å². The number of rotatable bonds is 5. The number of hydrogen-bond acceptors (Lipinski definition) is 2. The molecule has 5 heteroatoms. The van der Waals surface area contributed by atoms with Crippen molar-refractivity contribution in [1.82, 2.24) is 5.32 Å². The maximum absolute atomic E-state index is 12.9. The van der Waals surface area contributed by atoms with Gasteiger partial charge in [0.2, 0.25) is 0 Å². The molecule has 0 heterocycles. The molecular weight excluding hydrogens is 305 g/mol. The van der Waals surface area contributed by atoms with Gasteiger partial charge in [-0.15, -0.1) is 0 Å². The van der Waals surface area contributed by atoms with Crippen molar-refractivity contribution >= 4 is 17.5 Å². The molecule has 2 aromatic carbocycles. The lowest BCUT2D eigenvalue weighted by atomic mass is 10.1. The molecule has 22 heavy (non-hydrogen) atoms. The van der Waals surface area contributed by atoms with E-state index in [1.165, 1.54) is 18.2 Å². The number of carbonyl (C=O) groups excluding carboxylic acids is 1. The molecule has 0 atom stereocenters. The summed E-state index contributed by atoms with van der Waals surface area (Å²) in [6, 6.07) is 9.47. The Kier molecular flexibility index (Phi) is 5.39. The Bertz CT molecular complexity index is 688. The number of halogens is 2. The van der Waals surface area contributed by atoms with Crippen LogP contribution in [0.25, 0.3) is 0 Å². The number of carbonyl (C=O) groups is 1. The summed E-state index contributed by atoms with van der Waals surface area (Å²) < 4.78 is 18.3. The lowest BCUT2D eigenvalue weighted by molar-refractivity contribution is 0.0947. The van der Waals surface area contributed by atoms with Gasteiger partial charge >= 0.3 is 0 Å². The van der Waals surface area contributed by atoms with Gasteiger partial charge in [0.1, 0.15) is 18.2 Å². The van der Waals surface area contributed by atoms with Crippen molar-refractivity contribution in [2.24, 2.45) is 0 Å². The van der Waals surface area contributed by atoms with Crippen molar-refractivity contribution in [2.75, 3.05) is 13.2 Å². The predicted octanol–water partition coefficient (Wildman–Crippen LogP) is 3.90. The lowest BCUT2D eigenvalue weighted by Gasteiger charge is -2.10. The third-order valence-electron chi connectivity index (χ3n) is 3.31. The predicted molar refractivity (Wildman–Crippen MR) is 85.2 cm³/mol. The van der Waals surface area contributed by atoms with E-state index in [1.54, 1.807) is 6.07 Å². The first-order chi connectivity index (χ1) is 10.5. The first-order valence-corrected chi connectivity index (χ1v) is 7.28. The Morgan fingerprint density at radius 1 is 1.18 bits per heavy atom. The maximum atomic E-state index is 12.9. The monoisotopic (exact) mass is 321 g/mol. The highest BCUT2D eigenvalue weighted by Gasteiger charge is 2.07. The van der Waals surface area contributed by atoms with E-state index in [9.17, 15) is 9.18 Å². The standard InChI is InChI=1S/C17H17ClFNO2/c1-11-3-4-13(9-12(11)2)17(21)20-7-8-22-16-6-5-14(19)10-15(16)18/h3-6,9-10H,7-8H2,1-2H3,(H,20,21). The summed E-state index contributed by atoms with van der Waals surface area (Å²) in [5.41, 5.74) is 2.83. The molecule has 0 saturated heterocycles. The number of nitrogens with one attached hydrogen (secondary N) is 1. The van der Waals surface area contributed by atoms with Gasteiger partial charge in [0.25, 0.3) is 5.91 Å². The summed E-state index contributed by atoms with van der Waals surface area (Å²) in [7, 11) is 0. The third-order valence-corrected chi connectivity index (χ3v) is 3.60. The molecule has 0 aliphatic rings. The van der Waals surface area contributed by atoms with E-state index < -0.39 is 5.82 Å². The lowest BCUT2D eigenvalue weighted by Crippen LogP contribution is -2.28. The van der Waals surface area contributed by atoms with Crippen LogP contribution in [0.4, 0.5) is 4.39 Å². The van der Waals surface area contributed by atoms with E-state index in [2.05, 4.69) is 5.32 Å². The van der Waals surface area contributed by atoms with Crippen molar-refractivity contribution in [3.05, 3.63) is 63.9 Å². The summed E-state index contributed by atoms with van der Waals surface area (Å²) >= 11 is 5.85. The topological polar surface area (TPSA) is 38.3 Å². The minimum atomic E-state index is -0.416. The SMILES string of the molecule is Cc1ccc(C(=O)NCCOc2ccc(F)cc2Cl)cc1C. The van der Waals surface area contributed by atoms with E-state index >= 15 is 0 Å². The average molecular weight is 322 g/mol. The summed E-state index contributed by atoms with van der Waals surface area (Å²) in [5, 5.41) is 2.97. The molecule has 0 fully saturated rings. The Balaban J connectivity index is 1.83. The number of hydrogen-bond donors (Lipinski definition) is 1. The summed E-state index contributed by atoms with van der Waals surface area (Å²) in [4.78, 5) is 12.0. The molecule has 116 valence electrons. The van der Waals surface area contributed by atoms with Gasteiger partial charge in [-0.05, 0) is 55.3 Å². The van der Waals surface area contributed by atoms with Crippen LogP contribution in [-0.4, -0.2) is 19.1 Å². The van der Waals surface area contributed by atoms with Crippen LogP contribution in [-0.2, 0) is 0 Å². The van der Waals surface area contributed by atoms with Crippen LogP contribution >= 0.6 is 11.6 Å². The highest BCUT2D eigenvalue weighted by molar-refractivity contribution is 6.32. The molecule has 0 unspecified atom stereocenters. The molecule has 2 rings (SSSR count). The average Bonchev–Trinajstić information content (AvgIpc) is 2.48. The molecule has 0 bridgehead atoms. The third kappa shape index (κ3) is 4.21. The smallest absolute Gasteiger partial charge is 0.251 e. The summed E-state index contributed by atoms with van der Waals surface area (Å²) in [5.74, 6) is -0.180. The number of benzene rings is 2. The fourth-order valence-electron chi connectivity index (χ4n) is 1.90. The van der Waals surface area contributed by atoms with Crippen molar-refractivity contribution in [1.29, 1.82) is 0 Å². The van der Waals surface area contributed by atoms with Gasteiger partial charge in [-0.2, -0.15) is 0 Å². The Morgan fingerprint density at radius 3 is 2.64 bits per heavy atom. The number of amides is 1. The molecule has 0 radical (unpaired) electrons. The molecule has 0 spiro atoms. The van der Waals surface area contributed by atoms with Crippen molar-refractivity contribution < 1.29 is 13.9 Å². The van der Waals surface area contributed by atoms with Crippen LogP contribution in [0, 0.1) is 19.7 Å². The first-order valence-electron chi connectivity index (χ1n) is 6.90. The largest absolute Gasteiger partial charge is 0.490 e. The molecule has 1 N–H and O–H groups in total. The van der Waals surface area contributed by atoms with E-state index in [4.69, 9.17) is 16.3 Å². The van der Waals surface area contributed by atoms with Crippen LogP contribution < -0.4 is 10.1 Å². The van der Waals surface area contributed by atoms with E-state index in [-0.39, 0.29) is 17.5 Å². The molecule has 1 amide bonds. The van der Waals surface area contributed by atoms with Crippen LogP contribution in [0.1, 0.15) is 21.5 Å². The maximum Gasteiger partial charge on any atom is 0.251 e. The van der Waals surface area contributed by atoms with Crippen LogP contribution in [0.5, 0.6) is 5.75 Å². The second-order valence-electron chi connectivity index (χ2n) is 4.98. The second kappa shape index (κ2) is 7.27. The Labute approximate surface area is 134 Å². The summed E-state index contributed by atoms with van der Waals surface area (Å²) in [6.07, 6.45) is 0. The second-order valence-corrected chi connectivity index (χ2v) is 5.39. The van der Waals surface area contributed by atoms with Gasteiger partial charge in [0.15, 0.2) is 0 Å². The summed E-state index contributed by atoms with van der Waals surface area (Å²) in [6.45, 7) is 4.55. The quantitative estimate of drug-likeness (QED) is 0.848. The van der Waals surface area contributed by atoms with Gasteiger partial charge < -0.3 is 10.1 Å². The molecule has 2 aromatic rings. The van der Waals surface area contributed by atoms with Crippen LogP contribution in [0.3, 0.4) is 0 Å². The fourth-order valence-corrected chi connectivity index (χ4v) is 2.12. The van der Waals surface area contributed by atoms with Crippen molar-refractivity contribution in [3.8, 4) is 5.75 Å². The van der Waals surface area contributed by atoms with Gasteiger partial charge in [0, 0.05) is 5.56 Å². The molecular formula is C17H17ClFNO2. The van der Waals surface area contributed by atoms with Gasteiger partial charge in [-0.3, -0.25) is 4.79 Å². The van der Waals surface area contributed by atoms with E-state index in [1.807, 2.05) is 26.0 Å². The zero-order valence-corrected chi connectivity index (χ0v) is 13.2. The van der Waals surface area contributed by atoms with Gasteiger partial charge in [-0.25, -0.2) is 4.39 Å². The molecule has 0 aromatic heterocycles. The fraction of sp³-hybridized carbons (Fsp3) is 0.235. The highest BCUT2D eigenvalue weighted by atomic mass is 35.5. The van der Waals surface area contributed by atoms with E-state index in [0.29, 0.717) is 17.9 Å². The zero-order chi connectivity index (χ0) is 16.1.